The summed E-state index contributed by atoms with van der Waals surface area (Å²) in [4.78, 5) is 2.33. The molecule has 0 spiro atoms. The Kier molecular flexibility index (Phi) is 3.98. The molecule has 0 aliphatic carbocycles. The van der Waals surface area contributed by atoms with E-state index in [1.807, 2.05) is 53.3 Å². The van der Waals surface area contributed by atoms with Gasteiger partial charge in [0.05, 0.1) is 11.4 Å². The molecule has 4 rings (SSSR count). The lowest BCUT2D eigenvalue weighted by atomic mass is 10.1. The number of hydrogen-bond acceptors (Lipinski definition) is 6. The van der Waals surface area contributed by atoms with E-state index in [1.54, 1.807) is 0 Å². The number of fused-ring (bicyclic) bond motifs is 2. The van der Waals surface area contributed by atoms with Gasteiger partial charge in [0.1, 0.15) is 5.75 Å². The Morgan fingerprint density at radius 2 is 1.91 bits per heavy atom. The molecule has 3 N–H and O–H groups in total. The Morgan fingerprint density at radius 3 is 2.65 bits per heavy atom. The number of anilines is 2. The summed E-state index contributed by atoms with van der Waals surface area (Å²) in [5, 5.41) is 12.1. The van der Waals surface area contributed by atoms with Crippen molar-refractivity contribution in [3.8, 4) is 17.0 Å². The van der Waals surface area contributed by atoms with E-state index >= 15 is 0 Å². The van der Waals surface area contributed by atoms with Crippen molar-refractivity contribution in [3.05, 3.63) is 30.3 Å². The first-order valence-corrected chi connectivity index (χ1v) is 8.65. The lowest BCUT2D eigenvalue weighted by Gasteiger charge is -2.34. The summed E-state index contributed by atoms with van der Waals surface area (Å²) in [6.07, 6.45) is 2.47. The molecule has 3 heterocycles. The molecule has 2 fully saturated rings. The van der Waals surface area contributed by atoms with Gasteiger partial charge in [-0.15, -0.1) is 10.2 Å². The average molecular weight is 423 g/mol. The van der Waals surface area contributed by atoms with Gasteiger partial charge in [0.15, 0.2) is 28.8 Å². The van der Waals surface area contributed by atoms with Gasteiger partial charge in [-0.3, -0.25) is 0 Å². The van der Waals surface area contributed by atoms with Crippen LogP contribution in [0.2, 0.25) is 0 Å². The van der Waals surface area contributed by atoms with Gasteiger partial charge in [0.25, 0.3) is 0 Å². The van der Waals surface area contributed by atoms with Crippen molar-refractivity contribution in [2.24, 2.45) is 0 Å². The summed E-state index contributed by atoms with van der Waals surface area (Å²) in [5.41, 5.74) is 8.79. The highest BCUT2D eigenvalue weighted by atomic mass is 127. The van der Waals surface area contributed by atoms with Crippen molar-refractivity contribution in [1.29, 1.82) is 0 Å². The normalized spacial score (nSPS) is 23.1. The Morgan fingerprint density at radius 1 is 1.17 bits per heavy atom. The largest absolute Gasteiger partial charge is 0.427 e. The number of nitrogens with zero attached hydrogens (tertiary/aromatic N) is 3. The van der Waals surface area contributed by atoms with E-state index in [9.17, 15) is 0 Å². The second kappa shape index (κ2) is 6.12. The highest BCUT2D eigenvalue weighted by Crippen LogP contribution is 2.34. The first kappa shape index (κ1) is 14.9. The van der Waals surface area contributed by atoms with Gasteiger partial charge >= 0.3 is 0 Å². The Balaban J connectivity index is 1.71. The van der Waals surface area contributed by atoms with E-state index in [1.165, 1.54) is 12.8 Å². The number of halogens is 1. The summed E-state index contributed by atoms with van der Waals surface area (Å²) >= 11 is 1.89. The quantitative estimate of drug-likeness (QED) is 0.739. The molecule has 2 bridgehead atoms. The topological polar surface area (TPSA) is 76.3 Å². The third-order valence-corrected chi connectivity index (χ3v) is 5.08. The molecule has 2 unspecified atom stereocenters. The van der Waals surface area contributed by atoms with Crippen LogP contribution in [0.15, 0.2) is 30.3 Å². The zero-order valence-electron chi connectivity index (χ0n) is 12.6. The molecule has 2 aliphatic rings. The number of rotatable bonds is 3. The van der Waals surface area contributed by atoms with E-state index in [2.05, 4.69) is 20.4 Å². The summed E-state index contributed by atoms with van der Waals surface area (Å²) < 4.78 is 5.41. The SMILES string of the molecule is Nc1nnc(-c2ccccc2OI)cc1N1CC2CCC(C1)N2. The van der Waals surface area contributed by atoms with Crippen LogP contribution in [-0.2, 0) is 0 Å². The number of nitrogens with one attached hydrogen (secondary N) is 1. The number of nitrogens with two attached hydrogens (primary N) is 1. The molecule has 1 aromatic heterocycles. The molecule has 2 atom stereocenters. The van der Waals surface area contributed by atoms with E-state index in [4.69, 9.17) is 8.80 Å². The second-order valence-corrected chi connectivity index (χ2v) is 6.56. The third-order valence-electron chi connectivity index (χ3n) is 4.60. The van der Waals surface area contributed by atoms with Crippen LogP contribution in [0, 0.1) is 0 Å². The summed E-state index contributed by atoms with van der Waals surface area (Å²) in [7, 11) is 0. The Labute approximate surface area is 149 Å². The highest BCUT2D eigenvalue weighted by molar-refractivity contribution is 14.1. The second-order valence-electron chi connectivity index (χ2n) is 6.12. The van der Waals surface area contributed by atoms with Crippen molar-refractivity contribution in [1.82, 2.24) is 15.5 Å². The molecule has 0 radical (unpaired) electrons. The van der Waals surface area contributed by atoms with Crippen LogP contribution in [0.5, 0.6) is 5.75 Å². The van der Waals surface area contributed by atoms with E-state index in [-0.39, 0.29) is 0 Å². The zero-order chi connectivity index (χ0) is 15.8. The monoisotopic (exact) mass is 423 g/mol. The van der Waals surface area contributed by atoms with Crippen molar-refractivity contribution in [3.63, 3.8) is 0 Å². The van der Waals surface area contributed by atoms with Gasteiger partial charge in [-0.2, -0.15) is 0 Å². The van der Waals surface area contributed by atoms with Gasteiger partial charge in [-0.05, 0) is 31.0 Å². The van der Waals surface area contributed by atoms with Crippen molar-refractivity contribution in [2.45, 2.75) is 24.9 Å². The summed E-state index contributed by atoms with van der Waals surface area (Å²) in [6.45, 7) is 1.94. The number of nitrogen functional groups attached to an aromatic ring is 1. The van der Waals surface area contributed by atoms with Crippen LogP contribution < -0.4 is 19.0 Å². The molecule has 120 valence electrons. The smallest absolute Gasteiger partial charge is 0.192 e. The van der Waals surface area contributed by atoms with Crippen molar-refractivity contribution >= 4 is 34.5 Å². The van der Waals surface area contributed by atoms with Crippen LogP contribution >= 0.6 is 23.0 Å². The maximum Gasteiger partial charge on any atom is 0.192 e. The van der Waals surface area contributed by atoms with Crippen LogP contribution in [-0.4, -0.2) is 35.4 Å². The molecule has 0 saturated carbocycles. The fourth-order valence-electron chi connectivity index (χ4n) is 3.52. The zero-order valence-corrected chi connectivity index (χ0v) is 14.7. The minimum atomic E-state index is 0.489. The van der Waals surface area contributed by atoms with Crippen LogP contribution in [0.1, 0.15) is 12.8 Å². The first-order chi connectivity index (χ1) is 11.2. The molecule has 2 aromatic rings. The summed E-state index contributed by atoms with van der Waals surface area (Å²) in [6, 6.07) is 10.9. The molecule has 2 saturated heterocycles. The Bertz CT molecular complexity index is 713. The molecular weight excluding hydrogens is 405 g/mol. The van der Waals surface area contributed by atoms with Crippen LogP contribution in [0.4, 0.5) is 11.5 Å². The summed E-state index contributed by atoms with van der Waals surface area (Å²) in [5.74, 6) is 1.27. The van der Waals surface area contributed by atoms with Gasteiger partial charge in [-0.1, -0.05) is 12.1 Å². The maximum absolute atomic E-state index is 6.11. The number of para-hydroxylation sites is 1. The third kappa shape index (κ3) is 2.83. The molecule has 1 aromatic carbocycles. The van der Waals surface area contributed by atoms with Gasteiger partial charge in [0.2, 0.25) is 0 Å². The fourth-order valence-corrected chi connectivity index (χ4v) is 3.90. The molecule has 2 aliphatic heterocycles. The molecule has 0 amide bonds. The van der Waals surface area contributed by atoms with Gasteiger partial charge in [-0.25, -0.2) is 0 Å². The number of piperazine rings is 1. The molecule has 23 heavy (non-hydrogen) atoms. The fraction of sp³-hybridized carbons (Fsp3) is 0.375. The van der Waals surface area contributed by atoms with Crippen LogP contribution in [0.25, 0.3) is 11.3 Å². The predicted octanol–water partition coefficient (Wildman–Crippen LogP) is 2.40. The number of benzene rings is 1. The minimum Gasteiger partial charge on any atom is -0.427 e. The van der Waals surface area contributed by atoms with Crippen molar-refractivity contribution in [2.75, 3.05) is 23.7 Å². The number of hydrogen-bond donors (Lipinski definition) is 2. The lowest BCUT2D eigenvalue weighted by Crippen LogP contribution is -2.51. The minimum absolute atomic E-state index is 0.489. The van der Waals surface area contributed by atoms with Crippen molar-refractivity contribution < 1.29 is 3.07 Å². The molecule has 7 heteroatoms. The van der Waals surface area contributed by atoms with E-state index < -0.39 is 0 Å². The predicted molar refractivity (Wildman–Crippen MR) is 98.7 cm³/mol. The molecular formula is C16H18IN5O. The lowest BCUT2D eigenvalue weighted by molar-refractivity contribution is 0.466. The average Bonchev–Trinajstić information content (AvgIpc) is 2.93. The van der Waals surface area contributed by atoms with E-state index in [0.717, 1.165) is 35.8 Å². The van der Waals surface area contributed by atoms with Crippen LogP contribution in [0.3, 0.4) is 0 Å². The van der Waals surface area contributed by atoms with Gasteiger partial charge < -0.3 is 19.0 Å². The standard InChI is InChI=1S/C16H18IN5O/c17-23-15-4-2-1-3-12(15)13-7-14(16(18)21-20-13)22-8-10-5-6-11(9-22)19-10/h1-4,7,10-11,19H,5-6,8-9H2,(H2,18,21). The highest BCUT2D eigenvalue weighted by Gasteiger charge is 2.33. The number of aromatic nitrogens is 2. The first-order valence-electron chi connectivity index (χ1n) is 7.77. The Hall–Kier alpha value is -1.61. The van der Waals surface area contributed by atoms with Gasteiger partial charge in [0, 0.05) is 30.7 Å². The van der Waals surface area contributed by atoms with E-state index in [0.29, 0.717) is 17.9 Å². The molecule has 6 nitrogen and oxygen atoms in total. The maximum atomic E-state index is 6.11.